The largest absolute Gasteiger partial charge is 0.445 e. The Morgan fingerprint density at radius 1 is 1.37 bits per heavy atom. The lowest BCUT2D eigenvalue weighted by atomic mass is 10.2. The zero-order valence-corrected chi connectivity index (χ0v) is 11.5. The van der Waals surface area contributed by atoms with E-state index in [1.54, 1.807) is 19.1 Å². The van der Waals surface area contributed by atoms with Crippen molar-refractivity contribution in [3.8, 4) is 0 Å². The summed E-state index contributed by atoms with van der Waals surface area (Å²) in [5.41, 5.74) is 6.84. The number of nitrogens with two attached hydrogens (primary N) is 1. The Bertz CT molecular complexity index is 692. The molecule has 0 aliphatic heterocycles. The summed E-state index contributed by atoms with van der Waals surface area (Å²) in [4.78, 5) is 3.98. The van der Waals surface area contributed by atoms with Gasteiger partial charge in [-0.1, -0.05) is 6.07 Å². The highest BCUT2D eigenvalue weighted by molar-refractivity contribution is 7.89. The molecule has 0 spiro atoms. The van der Waals surface area contributed by atoms with Crippen molar-refractivity contribution in [2.45, 2.75) is 25.3 Å². The molecule has 0 bridgehead atoms. The molecule has 0 saturated heterocycles. The number of benzene rings is 1. The second-order valence-electron chi connectivity index (χ2n) is 4.23. The van der Waals surface area contributed by atoms with Crippen LogP contribution < -0.4 is 10.5 Å². The average molecular weight is 281 g/mol. The van der Waals surface area contributed by atoms with E-state index in [2.05, 4.69) is 9.71 Å². The van der Waals surface area contributed by atoms with Crippen molar-refractivity contribution in [1.82, 2.24) is 9.71 Å². The van der Waals surface area contributed by atoms with E-state index < -0.39 is 10.0 Å². The predicted molar refractivity (Wildman–Crippen MR) is 70.9 cm³/mol. The molecule has 0 aliphatic carbocycles. The van der Waals surface area contributed by atoms with E-state index in [4.69, 9.17) is 10.2 Å². The third-order valence-corrected chi connectivity index (χ3v) is 4.01. The number of nitrogens with zero attached hydrogens (tertiary/aromatic N) is 1. The molecule has 2 aromatic rings. The first-order chi connectivity index (χ1) is 8.88. The predicted octanol–water partition coefficient (Wildman–Crippen LogP) is 1.35. The Labute approximate surface area is 111 Å². The normalized spacial score (nSPS) is 11.7. The van der Waals surface area contributed by atoms with Crippen LogP contribution in [0.2, 0.25) is 0 Å². The molecule has 0 radical (unpaired) electrons. The van der Waals surface area contributed by atoms with Gasteiger partial charge < -0.3 is 10.2 Å². The van der Waals surface area contributed by atoms with E-state index in [0.29, 0.717) is 11.7 Å². The minimum absolute atomic E-state index is 0.0104. The van der Waals surface area contributed by atoms with Gasteiger partial charge in [-0.25, -0.2) is 18.1 Å². The van der Waals surface area contributed by atoms with Crippen molar-refractivity contribution in [2.24, 2.45) is 0 Å². The van der Waals surface area contributed by atoms with Crippen molar-refractivity contribution in [2.75, 3.05) is 5.73 Å². The zero-order chi connectivity index (χ0) is 14.0. The van der Waals surface area contributed by atoms with Gasteiger partial charge in [-0.2, -0.15) is 0 Å². The van der Waals surface area contributed by atoms with Gasteiger partial charge in [0.05, 0.1) is 18.4 Å². The number of anilines is 1. The Balaban J connectivity index is 2.18. The quantitative estimate of drug-likeness (QED) is 0.824. The minimum atomic E-state index is -3.67. The molecule has 1 aromatic heterocycles. The number of aromatic nitrogens is 1. The zero-order valence-electron chi connectivity index (χ0n) is 10.7. The fourth-order valence-electron chi connectivity index (χ4n) is 1.63. The number of nitrogens with one attached hydrogen (secondary N) is 1. The topological polar surface area (TPSA) is 98.2 Å². The summed E-state index contributed by atoms with van der Waals surface area (Å²) in [6.45, 7) is 3.57. The second-order valence-corrected chi connectivity index (χ2v) is 5.97. The van der Waals surface area contributed by atoms with Crippen LogP contribution in [0.5, 0.6) is 0 Å². The highest BCUT2D eigenvalue weighted by Gasteiger charge is 2.18. The summed E-state index contributed by atoms with van der Waals surface area (Å²) in [7, 11) is -3.67. The highest BCUT2D eigenvalue weighted by Crippen LogP contribution is 2.19. The molecule has 0 atom stereocenters. The van der Waals surface area contributed by atoms with Gasteiger partial charge in [-0.15, -0.1) is 0 Å². The standard InChI is InChI=1S/C12H15N3O3S/c1-8-3-4-11(10(13)5-8)19(16,17)15-7-12-14-6-9(2)18-12/h3-6,15H,7,13H2,1-2H3. The Kier molecular flexibility index (Phi) is 3.59. The fraction of sp³-hybridized carbons (Fsp3) is 0.250. The Morgan fingerprint density at radius 2 is 2.11 bits per heavy atom. The monoisotopic (exact) mass is 281 g/mol. The number of hydrogen-bond acceptors (Lipinski definition) is 5. The molecule has 0 aliphatic rings. The molecule has 2 rings (SSSR count). The smallest absolute Gasteiger partial charge is 0.243 e. The molecule has 0 unspecified atom stereocenters. The average Bonchev–Trinajstić information content (AvgIpc) is 2.72. The maximum atomic E-state index is 12.1. The number of aryl methyl sites for hydroxylation is 2. The van der Waals surface area contributed by atoms with Gasteiger partial charge in [0.25, 0.3) is 0 Å². The Morgan fingerprint density at radius 3 is 2.68 bits per heavy atom. The van der Waals surface area contributed by atoms with E-state index >= 15 is 0 Å². The van der Waals surface area contributed by atoms with Gasteiger partial charge in [0.15, 0.2) is 0 Å². The summed E-state index contributed by atoms with van der Waals surface area (Å²) in [6.07, 6.45) is 1.53. The second kappa shape index (κ2) is 5.02. The molecule has 19 heavy (non-hydrogen) atoms. The minimum Gasteiger partial charge on any atom is -0.445 e. The molecule has 102 valence electrons. The lowest BCUT2D eigenvalue weighted by molar-refractivity contribution is 0.463. The molecule has 7 heteroatoms. The number of oxazole rings is 1. The highest BCUT2D eigenvalue weighted by atomic mass is 32.2. The summed E-state index contributed by atoms with van der Waals surface area (Å²) in [5, 5.41) is 0. The van der Waals surface area contributed by atoms with Crippen molar-refractivity contribution in [3.05, 3.63) is 41.6 Å². The lowest BCUT2D eigenvalue weighted by Gasteiger charge is -2.08. The third-order valence-electron chi connectivity index (χ3n) is 2.54. The van der Waals surface area contributed by atoms with Crippen LogP contribution in [0.25, 0.3) is 0 Å². The summed E-state index contributed by atoms with van der Waals surface area (Å²) in [5.74, 6) is 0.941. The van der Waals surface area contributed by atoms with Crippen LogP contribution in [0, 0.1) is 13.8 Å². The van der Waals surface area contributed by atoms with Gasteiger partial charge in [0.1, 0.15) is 10.7 Å². The van der Waals surface area contributed by atoms with Crippen LogP contribution >= 0.6 is 0 Å². The van der Waals surface area contributed by atoms with Crippen molar-refractivity contribution < 1.29 is 12.8 Å². The molecular weight excluding hydrogens is 266 g/mol. The number of rotatable bonds is 4. The fourth-order valence-corrected chi connectivity index (χ4v) is 2.72. The maximum Gasteiger partial charge on any atom is 0.243 e. The van der Waals surface area contributed by atoms with Gasteiger partial charge in [0.2, 0.25) is 15.9 Å². The van der Waals surface area contributed by atoms with Crippen LogP contribution in [0.4, 0.5) is 5.69 Å². The first kappa shape index (κ1) is 13.6. The number of nitrogen functional groups attached to an aromatic ring is 1. The van der Waals surface area contributed by atoms with Gasteiger partial charge >= 0.3 is 0 Å². The summed E-state index contributed by atoms with van der Waals surface area (Å²) < 4.78 is 31.8. The van der Waals surface area contributed by atoms with Crippen LogP contribution in [0.15, 0.2) is 33.7 Å². The molecule has 1 aromatic carbocycles. The van der Waals surface area contributed by atoms with Crippen LogP contribution in [0.1, 0.15) is 17.2 Å². The molecular formula is C12H15N3O3S. The van der Waals surface area contributed by atoms with Crippen LogP contribution in [-0.2, 0) is 16.6 Å². The van der Waals surface area contributed by atoms with E-state index in [0.717, 1.165) is 5.56 Å². The number of hydrogen-bond donors (Lipinski definition) is 2. The molecule has 0 saturated carbocycles. The van der Waals surface area contributed by atoms with Gasteiger partial charge in [-0.05, 0) is 31.5 Å². The first-order valence-corrected chi connectivity index (χ1v) is 7.14. The summed E-state index contributed by atoms with van der Waals surface area (Å²) in [6, 6.07) is 4.79. The van der Waals surface area contributed by atoms with E-state index in [1.807, 2.05) is 6.92 Å². The Hall–Kier alpha value is -1.86. The van der Waals surface area contributed by atoms with E-state index in [9.17, 15) is 8.42 Å². The van der Waals surface area contributed by atoms with Crippen LogP contribution in [-0.4, -0.2) is 13.4 Å². The van der Waals surface area contributed by atoms with E-state index in [1.165, 1.54) is 12.3 Å². The van der Waals surface area contributed by atoms with Crippen molar-refractivity contribution in [3.63, 3.8) is 0 Å². The third kappa shape index (κ3) is 3.12. The maximum absolute atomic E-state index is 12.1. The molecule has 0 amide bonds. The SMILES string of the molecule is Cc1ccc(S(=O)(=O)NCc2ncc(C)o2)c(N)c1. The van der Waals surface area contributed by atoms with Crippen molar-refractivity contribution in [1.29, 1.82) is 0 Å². The molecule has 1 heterocycles. The summed E-state index contributed by atoms with van der Waals surface area (Å²) >= 11 is 0. The molecule has 0 fully saturated rings. The van der Waals surface area contributed by atoms with Crippen molar-refractivity contribution >= 4 is 15.7 Å². The molecule has 3 N–H and O–H groups in total. The number of sulfonamides is 1. The molecule has 6 nitrogen and oxygen atoms in total. The van der Waals surface area contributed by atoms with Gasteiger partial charge in [0, 0.05) is 0 Å². The lowest BCUT2D eigenvalue weighted by Crippen LogP contribution is -2.24. The first-order valence-electron chi connectivity index (χ1n) is 5.65. The van der Waals surface area contributed by atoms with Crippen LogP contribution in [0.3, 0.4) is 0 Å². The van der Waals surface area contributed by atoms with Gasteiger partial charge in [-0.3, -0.25) is 0 Å². The van der Waals surface area contributed by atoms with E-state index in [-0.39, 0.29) is 17.1 Å².